The fourth-order valence-corrected chi connectivity index (χ4v) is 1.10. The monoisotopic (exact) mass is 234 g/mol. The van der Waals surface area contributed by atoms with Crippen LogP contribution in [0.2, 0.25) is 0 Å². The van der Waals surface area contributed by atoms with Crippen molar-refractivity contribution in [2.24, 2.45) is 0 Å². The predicted molar refractivity (Wildman–Crippen MR) is 24.7 cm³/mol. The summed E-state index contributed by atoms with van der Waals surface area (Å²) in [5.41, 5.74) is 0. The molecular formula is H3FeO7PS. The van der Waals surface area contributed by atoms with E-state index < -0.39 is 18.2 Å². The maximum absolute atomic E-state index is 9.58. The van der Waals surface area contributed by atoms with Crippen molar-refractivity contribution in [2.75, 3.05) is 0 Å². The van der Waals surface area contributed by atoms with Gasteiger partial charge in [0.25, 0.3) is 0 Å². The second-order valence-electron chi connectivity index (χ2n) is 0.993. The van der Waals surface area contributed by atoms with Crippen LogP contribution in [0.5, 0.6) is 0 Å². The molecule has 3 N–H and O–H groups in total. The van der Waals surface area contributed by atoms with Crippen LogP contribution in [0.15, 0.2) is 0 Å². The van der Waals surface area contributed by atoms with E-state index in [4.69, 9.17) is 14.3 Å². The molecule has 0 aromatic carbocycles. The van der Waals surface area contributed by atoms with Crippen LogP contribution in [0, 0.1) is 0 Å². The van der Waals surface area contributed by atoms with Crippen LogP contribution in [-0.2, 0) is 36.0 Å². The maximum Gasteiger partial charge on any atom is 0.486 e. The Balaban J connectivity index is 0. The molecule has 0 rings (SSSR count). The van der Waals surface area contributed by atoms with Crippen molar-refractivity contribution < 1.29 is 48.4 Å². The number of rotatable bonds is 2. The van der Waals surface area contributed by atoms with Crippen molar-refractivity contribution in [2.45, 2.75) is 0 Å². The molecule has 0 aromatic rings. The van der Waals surface area contributed by atoms with Crippen molar-refractivity contribution in [3.8, 4) is 0 Å². The van der Waals surface area contributed by atoms with Gasteiger partial charge >= 0.3 is 18.2 Å². The Morgan fingerprint density at radius 3 is 1.60 bits per heavy atom. The molecule has 10 heteroatoms. The Morgan fingerprint density at radius 1 is 1.30 bits per heavy atom. The second-order valence-corrected chi connectivity index (χ2v) is 3.43. The summed E-state index contributed by atoms with van der Waals surface area (Å²) in [4.78, 5) is 15.4. The molecule has 0 unspecified atom stereocenters. The topological polar surface area (TPSA) is 121 Å². The van der Waals surface area contributed by atoms with Gasteiger partial charge in [-0.1, -0.05) is 0 Å². The number of phosphoric acid groups is 1. The molecule has 0 amide bonds. The zero-order valence-electron chi connectivity index (χ0n) is 4.18. The minimum Gasteiger partial charge on any atom is -0.302 e. The summed E-state index contributed by atoms with van der Waals surface area (Å²) in [7, 11) is -10.2. The summed E-state index contributed by atoms with van der Waals surface area (Å²) in [6.07, 6.45) is 0. The third kappa shape index (κ3) is 11.4. The summed E-state index contributed by atoms with van der Waals surface area (Å²) in [5, 5.41) is 0. The zero-order valence-corrected chi connectivity index (χ0v) is 7.00. The van der Waals surface area contributed by atoms with Gasteiger partial charge < -0.3 is 9.79 Å². The van der Waals surface area contributed by atoms with Crippen molar-refractivity contribution in [3.63, 3.8) is 0 Å². The minimum absolute atomic E-state index is 0. The maximum atomic E-state index is 9.58. The fraction of sp³-hybridized carbons (Fsp3) is 0. The van der Waals surface area contributed by atoms with Crippen LogP contribution in [0.4, 0.5) is 0 Å². The van der Waals surface area contributed by atoms with E-state index in [1.54, 1.807) is 0 Å². The summed E-state index contributed by atoms with van der Waals surface area (Å²) < 4.78 is 39.0. The molecule has 0 fully saturated rings. The van der Waals surface area contributed by atoms with E-state index in [-0.39, 0.29) is 17.1 Å². The number of hydrogen-bond donors (Lipinski definition) is 3. The second kappa shape index (κ2) is 3.79. The quantitative estimate of drug-likeness (QED) is 0.314. The Kier molecular flexibility index (Phi) is 4.99. The molecule has 0 aliphatic heterocycles. The van der Waals surface area contributed by atoms with Gasteiger partial charge in [0.05, 0.1) is 0 Å². The largest absolute Gasteiger partial charge is 0.486 e. The molecule has 0 spiro atoms. The molecule has 64 valence electrons. The molecule has 0 atom stereocenters. The first kappa shape index (κ1) is 13.2. The van der Waals surface area contributed by atoms with E-state index in [2.05, 4.69) is 3.97 Å². The molecular weight excluding hydrogens is 231 g/mol. The SMILES string of the molecule is O=P(O)(O)OS(=O)(=O)O.[Fe]. The van der Waals surface area contributed by atoms with E-state index in [9.17, 15) is 13.0 Å². The van der Waals surface area contributed by atoms with E-state index in [0.29, 0.717) is 0 Å². The van der Waals surface area contributed by atoms with Gasteiger partial charge in [0.1, 0.15) is 0 Å². The van der Waals surface area contributed by atoms with E-state index in [0.717, 1.165) is 0 Å². The van der Waals surface area contributed by atoms with Gasteiger partial charge in [0.2, 0.25) is 0 Å². The summed E-state index contributed by atoms with van der Waals surface area (Å²) in [6.45, 7) is 0. The first-order valence-corrected chi connectivity index (χ1v) is 4.34. The van der Waals surface area contributed by atoms with Gasteiger partial charge in [-0.05, 0) is 0 Å². The van der Waals surface area contributed by atoms with Gasteiger partial charge in [-0.25, -0.2) is 4.57 Å². The molecule has 0 saturated heterocycles. The van der Waals surface area contributed by atoms with Crippen LogP contribution in [0.3, 0.4) is 0 Å². The first-order chi connectivity index (χ1) is 3.71. The molecule has 0 aromatic heterocycles. The molecule has 0 bridgehead atoms. The van der Waals surface area contributed by atoms with Crippen molar-refractivity contribution in [1.82, 2.24) is 0 Å². The summed E-state index contributed by atoms with van der Waals surface area (Å²) in [5.74, 6) is 0. The molecule has 7 nitrogen and oxygen atoms in total. The van der Waals surface area contributed by atoms with Crippen molar-refractivity contribution >= 4 is 18.2 Å². The Labute approximate surface area is 67.1 Å². The van der Waals surface area contributed by atoms with Crippen LogP contribution >= 0.6 is 7.82 Å². The molecule has 0 aliphatic rings. The Hall–Kier alpha value is 0.539. The molecule has 0 saturated carbocycles. The predicted octanol–water partition coefficient (Wildman–Crippen LogP) is -1.10. The number of hydrogen-bond acceptors (Lipinski definition) is 4. The Morgan fingerprint density at radius 2 is 1.60 bits per heavy atom. The third-order valence-corrected chi connectivity index (χ3v) is 1.72. The van der Waals surface area contributed by atoms with Crippen LogP contribution in [0.1, 0.15) is 0 Å². The van der Waals surface area contributed by atoms with Gasteiger partial charge in [-0.3, -0.25) is 4.55 Å². The fourth-order valence-electron chi connectivity index (χ4n) is 0.123. The van der Waals surface area contributed by atoms with E-state index in [1.807, 2.05) is 0 Å². The molecule has 0 heterocycles. The third-order valence-electron chi connectivity index (χ3n) is 0.191. The minimum atomic E-state index is -5.13. The standard InChI is InChI=1S/Fe.H3O7PS/c;1-8(2,3)7-9(4,5)6/h;(H2,1,2,3)(H,4,5,6). The Bertz CT molecular complexity index is 220. The summed E-state index contributed by atoms with van der Waals surface area (Å²) in [6, 6.07) is 0. The van der Waals surface area contributed by atoms with Crippen molar-refractivity contribution in [3.05, 3.63) is 0 Å². The average molecular weight is 234 g/mol. The summed E-state index contributed by atoms with van der Waals surface area (Å²) >= 11 is 0. The van der Waals surface area contributed by atoms with Gasteiger partial charge in [-0.2, -0.15) is 8.42 Å². The molecule has 0 aliphatic carbocycles. The molecule has 0 radical (unpaired) electrons. The first-order valence-electron chi connectivity index (χ1n) is 1.45. The normalized spacial score (nSPS) is 12.3. The zero-order chi connectivity index (χ0) is 7.71. The van der Waals surface area contributed by atoms with Crippen LogP contribution in [-0.4, -0.2) is 22.8 Å². The van der Waals surface area contributed by atoms with Crippen molar-refractivity contribution in [1.29, 1.82) is 0 Å². The van der Waals surface area contributed by atoms with Gasteiger partial charge in [-0.15, -0.1) is 3.97 Å². The van der Waals surface area contributed by atoms with Crippen LogP contribution in [0.25, 0.3) is 0 Å². The smallest absolute Gasteiger partial charge is 0.302 e. The van der Waals surface area contributed by atoms with E-state index >= 15 is 0 Å². The van der Waals surface area contributed by atoms with Gasteiger partial charge in [0.15, 0.2) is 0 Å². The van der Waals surface area contributed by atoms with E-state index in [1.165, 1.54) is 0 Å². The van der Waals surface area contributed by atoms with Gasteiger partial charge in [0, 0.05) is 17.1 Å². The average Bonchev–Trinajstić information content (AvgIpc) is 1.14. The van der Waals surface area contributed by atoms with Crippen LogP contribution < -0.4 is 0 Å². The molecule has 10 heavy (non-hydrogen) atoms.